The second kappa shape index (κ2) is 29.1. The zero-order valence-corrected chi connectivity index (χ0v) is 65.9. The van der Waals surface area contributed by atoms with E-state index in [2.05, 4.69) is 60.1 Å². The van der Waals surface area contributed by atoms with Crippen molar-refractivity contribution < 1.29 is 48.0 Å². The van der Waals surface area contributed by atoms with E-state index in [1.165, 1.54) is 96.8 Å². The molecule has 12 nitrogen and oxygen atoms in total. The van der Waals surface area contributed by atoms with Crippen LogP contribution in [0.4, 0.5) is 0 Å². The summed E-state index contributed by atoms with van der Waals surface area (Å²) in [5, 5.41) is 0. The van der Waals surface area contributed by atoms with Crippen molar-refractivity contribution in [1.29, 1.82) is 0 Å². The SMILES string of the molecule is CCC[CH2][Sn]([CH2]CCC)([CH2]CCC)[O][Si]1(C2CCCCC2)O[Si]2(C3CCCCC3)O[Si](O[Si](C)(C)C)(C3CCCCC3)O[Si]3(C4CCCCC4)O[Si](O[Si](C)(C)C)(C4CCCCC4)O[Si](C4CCCCC4)(O[Si](C4CCCCC4)(O3)O2)O1. The fourth-order valence-corrected chi connectivity index (χ4v) is 93.3. The van der Waals surface area contributed by atoms with E-state index < -0.39 is 97.1 Å². The molecule has 0 aromatic carbocycles. The van der Waals surface area contributed by atoms with Crippen LogP contribution >= 0.6 is 0 Å². The summed E-state index contributed by atoms with van der Waals surface area (Å²) in [5.74, 6) is 0. The molecule has 474 valence electrons. The molecule has 4 atom stereocenters. The van der Waals surface area contributed by atoms with Crippen LogP contribution in [0, 0.1) is 0 Å². The van der Waals surface area contributed by atoms with Crippen molar-refractivity contribution in [3.8, 4) is 0 Å². The van der Waals surface area contributed by atoms with Crippen molar-refractivity contribution in [1.82, 2.24) is 0 Å². The molecule has 7 saturated carbocycles. The molecule has 4 unspecified atom stereocenters. The van der Waals surface area contributed by atoms with Gasteiger partial charge < -0.3 is 0 Å². The standard InChI is InChI=1S/C48H95O12Si9.3C4H9.Sn/c1-61(2,3)50-64(43-30-16-8-17-31-43)54-66(45-34-20-10-21-35-45)52-63(49,42-28-14-7-15-29-42)53-67(46-36-22-11-23-37-46)55-65(51-62(4,5)6,44-32-18-9-19-33-44)57-68(56-64,47-38-24-12-25-39-47)60-69(58-66,59-67)48-40-26-13-27-41-48;3*1-3-4-2;/h42-48H,7-41H2,1-6H3;3*1,3-4H2,2H3;/q-1;;;;+1. The quantitative estimate of drug-likeness (QED) is 0.0963. The molecule has 10 aliphatic rings. The van der Waals surface area contributed by atoms with Crippen molar-refractivity contribution in [2.75, 3.05) is 0 Å². The number of hydrogen-bond acceptors (Lipinski definition) is 12. The van der Waals surface area contributed by atoms with Gasteiger partial charge in [0, 0.05) is 0 Å². The van der Waals surface area contributed by atoms with Crippen LogP contribution in [0.3, 0.4) is 0 Å². The minimum atomic E-state index is -4.19. The van der Waals surface area contributed by atoms with E-state index >= 15 is 0 Å². The average Bonchev–Trinajstić information content (AvgIpc) is 2.59. The number of unbranched alkanes of at least 4 members (excludes halogenated alkanes) is 3. The van der Waals surface area contributed by atoms with E-state index in [1.807, 2.05) is 0 Å². The number of rotatable bonds is 22. The molecule has 0 radical (unpaired) electrons. The predicted octanol–water partition coefficient (Wildman–Crippen LogP) is 20.2. The van der Waals surface area contributed by atoms with Crippen LogP contribution in [-0.4, -0.2) is 97.1 Å². The van der Waals surface area contributed by atoms with E-state index in [-0.39, 0.29) is 38.8 Å². The van der Waals surface area contributed by atoms with Gasteiger partial charge in [-0.1, -0.05) is 0 Å². The Kier molecular flexibility index (Phi) is 23.8. The van der Waals surface area contributed by atoms with Gasteiger partial charge in [0.15, 0.2) is 0 Å². The van der Waals surface area contributed by atoms with E-state index in [0.29, 0.717) is 0 Å². The van der Waals surface area contributed by atoms with Gasteiger partial charge in [0.2, 0.25) is 0 Å². The van der Waals surface area contributed by atoms with E-state index in [9.17, 15) is 19.2 Å². The normalized spacial score (nSPS) is 37.7. The maximum atomic E-state index is 9.34. The molecule has 3 aliphatic heterocycles. The molecular formula is C60H122O12Si9Sn. The van der Waals surface area contributed by atoms with Crippen LogP contribution < -0.4 is 0 Å². The summed E-state index contributed by atoms with van der Waals surface area (Å²) in [5.41, 5.74) is 0.348. The van der Waals surface area contributed by atoms with Crippen LogP contribution in [0.2, 0.25) is 91.4 Å². The first kappa shape index (κ1) is 67.2. The fourth-order valence-electron chi connectivity index (χ4n) is 17.3. The van der Waals surface area contributed by atoms with Gasteiger partial charge in [0.1, 0.15) is 0 Å². The third-order valence-electron chi connectivity index (χ3n) is 21.5. The van der Waals surface area contributed by atoms with Gasteiger partial charge in [-0.15, -0.1) is 0 Å². The summed E-state index contributed by atoms with van der Waals surface area (Å²) in [7, 11) is -33.9. The zero-order chi connectivity index (χ0) is 57.6. The molecule has 0 spiro atoms. The van der Waals surface area contributed by atoms with Gasteiger partial charge in [0.25, 0.3) is 0 Å². The summed E-state index contributed by atoms with van der Waals surface area (Å²) in [6.07, 6.45) is 45.6. The van der Waals surface area contributed by atoms with Crippen LogP contribution in [0.5, 0.6) is 0 Å². The van der Waals surface area contributed by atoms with Crippen LogP contribution in [0.15, 0.2) is 0 Å². The summed E-state index contributed by atoms with van der Waals surface area (Å²) in [4.78, 5) is 0. The zero-order valence-electron chi connectivity index (χ0n) is 54.1. The van der Waals surface area contributed by atoms with Gasteiger partial charge >= 0.3 is 520 Å². The van der Waals surface area contributed by atoms with E-state index in [4.69, 9.17) is 28.8 Å². The van der Waals surface area contributed by atoms with Crippen molar-refractivity contribution >= 4 is 97.1 Å². The molecule has 10 fully saturated rings. The molecule has 4 bridgehead atoms. The molecule has 0 N–H and O–H groups in total. The molecule has 3 heterocycles. The number of hydrogen-bond donors (Lipinski definition) is 0. The Bertz CT molecular complexity index is 1870. The summed E-state index contributed by atoms with van der Waals surface area (Å²) < 4.78 is 112. The van der Waals surface area contributed by atoms with E-state index in [1.54, 1.807) is 0 Å². The molecule has 0 aromatic rings. The van der Waals surface area contributed by atoms with Crippen molar-refractivity contribution in [2.24, 2.45) is 0 Å². The first-order valence-electron chi connectivity index (χ1n) is 35.8. The van der Waals surface area contributed by atoms with Gasteiger partial charge in [-0.2, -0.15) is 0 Å². The summed E-state index contributed by atoms with van der Waals surface area (Å²) in [6.45, 7) is 21.6. The second-order valence-electron chi connectivity index (χ2n) is 30.5. The Balaban J connectivity index is 1.37. The molecule has 82 heavy (non-hydrogen) atoms. The fraction of sp³-hybridized carbons (Fsp3) is 1.00. The van der Waals surface area contributed by atoms with Gasteiger partial charge in [-0.25, -0.2) is 0 Å². The van der Waals surface area contributed by atoms with Crippen LogP contribution in [-0.2, 0) is 48.0 Å². The van der Waals surface area contributed by atoms with E-state index in [0.717, 1.165) is 180 Å². The molecule has 3 saturated heterocycles. The third-order valence-corrected chi connectivity index (χ3v) is 77.9. The van der Waals surface area contributed by atoms with Crippen molar-refractivity contribution in [3.05, 3.63) is 0 Å². The van der Waals surface area contributed by atoms with Gasteiger partial charge in [-0.3, -0.25) is 0 Å². The molecule has 22 heteroatoms. The third kappa shape index (κ3) is 15.5. The van der Waals surface area contributed by atoms with Crippen molar-refractivity contribution in [3.63, 3.8) is 0 Å². The van der Waals surface area contributed by atoms with Gasteiger partial charge in [0.05, 0.1) is 0 Å². The number of fused-ring (bicyclic) bond motifs is 3. The average molecular weight is 1410 g/mol. The first-order valence-corrected chi connectivity index (χ1v) is 62.5. The second-order valence-corrected chi connectivity index (χ2v) is 75.1. The van der Waals surface area contributed by atoms with Crippen LogP contribution in [0.1, 0.15) is 284 Å². The monoisotopic (exact) mass is 1410 g/mol. The topological polar surface area (TPSA) is 111 Å². The summed E-state index contributed by atoms with van der Waals surface area (Å²) in [6, 6.07) is 0. The molecular weight excluding hydrogens is 1280 g/mol. The minimum absolute atomic E-state index is 0.0272. The Morgan fingerprint density at radius 1 is 0.293 bits per heavy atom. The maximum absolute atomic E-state index is 9.34. The molecule has 0 aromatic heterocycles. The molecule has 0 amide bonds. The van der Waals surface area contributed by atoms with Crippen LogP contribution in [0.25, 0.3) is 0 Å². The Morgan fingerprint density at radius 2 is 0.500 bits per heavy atom. The molecule has 7 aliphatic carbocycles. The summed E-state index contributed by atoms with van der Waals surface area (Å²) >= 11 is -3.82. The first-order chi connectivity index (χ1) is 39.4. The Labute approximate surface area is 516 Å². The van der Waals surface area contributed by atoms with Crippen molar-refractivity contribution in [2.45, 2.75) is 375 Å². The Morgan fingerprint density at radius 3 is 0.732 bits per heavy atom. The van der Waals surface area contributed by atoms with Gasteiger partial charge in [-0.05, 0) is 0 Å². The Hall–Kier alpha value is 2.27. The predicted molar refractivity (Wildman–Crippen MR) is 353 cm³/mol. The molecule has 10 rings (SSSR count).